The van der Waals surface area contributed by atoms with Gasteiger partial charge in [0.1, 0.15) is 0 Å². The van der Waals surface area contributed by atoms with E-state index in [1.54, 1.807) is 4.57 Å². The van der Waals surface area contributed by atoms with Gasteiger partial charge in [-0.15, -0.1) is 0 Å². The second kappa shape index (κ2) is 6.74. The maximum absolute atomic E-state index is 12.2. The Morgan fingerprint density at radius 2 is 2.40 bits per heavy atom. The molecule has 6 nitrogen and oxygen atoms in total. The lowest BCUT2D eigenvalue weighted by Gasteiger charge is -2.26. The monoisotopic (exact) mass is 358 g/mol. The van der Waals surface area contributed by atoms with Gasteiger partial charge in [-0.05, 0) is 49.3 Å². The van der Waals surface area contributed by atoms with Crippen LogP contribution in [0.1, 0.15) is 37.0 Å². The number of hydrogen-bond acceptors (Lipinski definition) is 5. The highest BCUT2D eigenvalue weighted by Crippen LogP contribution is 2.30. The molecule has 3 aromatic rings. The van der Waals surface area contributed by atoms with Gasteiger partial charge in [0.25, 0.3) is 0 Å². The molecule has 0 amide bonds. The Morgan fingerprint density at radius 3 is 3.20 bits per heavy atom. The first-order chi connectivity index (χ1) is 12.1. The minimum Gasteiger partial charge on any atom is -0.387 e. The summed E-state index contributed by atoms with van der Waals surface area (Å²) in [5.41, 5.74) is 3.60. The highest BCUT2D eigenvalue weighted by Gasteiger charge is 2.29. The van der Waals surface area contributed by atoms with Crippen molar-refractivity contribution in [2.45, 2.75) is 50.9 Å². The Bertz CT molecular complexity index is 915. The molecule has 1 aliphatic rings. The highest BCUT2D eigenvalue weighted by atomic mass is 32.1. The lowest BCUT2D eigenvalue weighted by atomic mass is 9.98. The van der Waals surface area contributed by atoms with Crippen LogP contribution in [0.4, 0.5) is 0 Å². The Kier molecular flexibility index (Phi) is 4.45. The Balaban J connectivity index is 1.51. The number of aryl methyl sites for hydroxylation is 2. The first kappa shape index (κ1) is 16.5. The molecule has 25 heavy (non-hydrogen) atoms. The molecule has 4 rings (SSSR count). The molecule has 3 heterocycles. The minimum atomic E-state index is -0.627. The fourth-order valence-electron chi connectivity index (χ4n) is 3.70. The summed E-state index contributed by atoms with van der Waals surface area (Å²) >= 11 is 1.48. The van der Waals surface area contributed by atoms with Crippen LogP contribution in [0.15, 0.2) is 34.6 Å². The van der Waals surface area contributed by atoms with E-state index >= 15 is 0 Å². The molecule has 0 spiro atoms. The van der Waals surface area contributed by atoms with Crippen molar-refractivity contribution >= 4 is 22.6 Å². The van der Waals surface area contributed by atoms with Crippen molar-refractivity contribution in [3.05, 3.63) is 51.4 Å². The van der Waals surface area contributed by atoms with E-state index in [-0.39, 0.29) is 17.8 Å². The van der Waals surface area contributed by atoms with E-state index in [4.69, 9.17) is 0 Å². The van der Waals surface area contributed by atoms with Gasteiger partial charge in [-0.1, -0.05) is 12.1 Å². The fraction of sp³-hybridized carbons (Fsp3) is 0.444. The molecule has 3 N–H and O–H groups in total. The maximum atomic E-state index is 12.2. The van der Waals surface area contributed by atoms with Crippen LogP contribution in [0.2, 0.25) is 0 Å². The Labute approximate surface area is 149 Å². The molecular formula is C18H22N4O2S. The molecule has 3 atom stereocenters. The Morgan fingerprint density at radius 1 is 1.52 bits per heavy atom. The third-order valence-corrected chi connectivity index (χ3v) is 5.67. The summed E-state index contributed by atoms with van der Waals surface area (Å²) in [6, 6.07) is 5.89. The van der Waals surface area contributed by atoms with Gasteiger partial charge in [-0.2, -0.15) is 0 Å². The number of aliphatic hydroxyl groups excluding tert-OH is 1. The normalized spacial score (nSPS) is 21.4. The molecule has 1 aromatic carbocycles. The van der Waals surface area contributed by atoms with Crippen LogP contribution in [0, 0.1) is 0 Å². The van der Waals surface area contributed by atoms with E-state index in [0.29, 0.717) is 13.0 Å². The molecule has 0 aliphatic carbocycles. The average molecular weight is 358 g/mol. The van der Waals surface area contributed by atoms with Crippen molar-refractivity contribution in [2.75, 3.05) is 0 Å². The van der Waals surface area contributed by atoms with Crippen LogP contribution in [-0.4, -0.2) is 31.1 Å². The van der Waals surface area contributed by atoms with Gasteiger partial charge in [-0.25, -0.2) is 9.17 Å². The molecule has 0 radical (unpaired) electrons. The van der Waals surface area contributed by atoms with Crippen LogP contribution in [0.3, 0.4) is 0 Å². The van der Waals surface area contributed by atoms with Gasteiger partial charge >= 0.3 is 5.69 Å². The zero-order chi connectivity index (χ0) is 17.4. The van der Waals surface area contributed by atoms with E-state index in [9.17, 15) is 9.90 Å². The van der Waals surface area contributed by atoms with Crippen LogP contribution in [-0.2, 0) is 13.0 Å². The molecule has 0 fully saturated rings. The number of aromatic amines is 1. The molecule has 0 bridgehead atoms. The highest BCUT2D eigenvalue weighted by molar-refractivity contribution is 7.03. The number of imidazole rings is 1. The summed E-state index contributed by atoms with van der Waals surface area (Å²) in [5, 5.41) is 16.6. The van der Waals surface area contributed by atoms with E-state index in [2.05, 4.69) is 27.0 Å². The first-order valence-electron chi connectivity index (χ1n) is 8.67. The molecule has 2 aromatic heterocycles. The second-order valence-electron chi connectivity index (χ2n) is 6.80. The lowest BCUT2D eigenvalue weighted by Crippen LogP contribution is -2.41. The van der Waals surface area contributed by atoms with Crippen molar-refractivity contribution in [1.29, 1.82) is 0 Å². The van der Waals surface area contributed by atoms with Crippen molar-refractivity contribution in [3.63, 3.8) is 0 Å². The standard InChI is InChI=1S/C18H22N4O2S/c1-11(5-6-12-9-19-25-10-12)20-15-7-8-22-16-13(17(15)23)3-2-4-14(16)21-18(22)24/h2-4,9-11,15,17,20,23H,5-8H2,1H3,(H,21,24)/t11-,15+,17+/m0/s1. The number of hydrogen-bond donors (Lipinski definition) is 3. The topological polar surface area (TPSA) is 82.9 Å². The van der Waals surface area contributed by atoms with Gasteiger partial charge in [-0.3, -0.25) is 4.57 Å². The zero-order valence-electron chi connectivity index (χ0n) is 14.1. The summed E-state index contributed by atoms with van der Waals surface area (Å²) in [6.07, 6.45) is 3.96. The third kappa shape index (κ3) is 3.15. The average Bonchev–Trinajstić information content (AvgIpc) is 3.19. The summed E-state index contributed by atoms with van der Waals surface area (Å²) in [6.45, 7) is 2.75. The number of H-pyrrole nitrogens is 1. The predicted molar refractivity (Wildman–Crippen MR) is 99.0 cm³/mol. The number of benzene rings is 1. The number of aliphatic hydroxyl groups is 1. The van der Waals surface area contributed by atoms with E-state index in [1.807, 2.05) is 24.4 Å². The van der Waals surface area contributed by atoms with Crippen LogP contribution >= 0.6 is 11.5 Å². The van der Waals surface area contributed by atoms with Crippen LogP contribution < -0.4 is 11.0 Å². The van der Waals surface area contributed by atoms with Gasteiger partial charge in [0.2, 0.25) is 0 Å². The van der Waals surface area contributed by atoms with E-state index in [0.717, 1.165) is 29.4 Å². The molecule has 0 saturated heterocycles. The number of aromatic nitrogens is 3. The van der Waals surface area contributed by atoms with Crippen molar-refractivity contribution < 1.29 is 5.11 Å². The van der Waals surface area contributed by atoms with Crippen molar-refractivity contribution in [2.24, 2.45) is 0 Å². The van der Waals surface area contributed by atoms with Gasteiger partial charge < -0.3 is 15.4 Å². The Hall–Kier alpha value is -1.96. The molecule has 0 saturated carbocycles. The predicted octanol–water partition coefficient (Wildman–Crippen LogP) is 2.20. The van der Waals surface area contributed by atoms with Crippen molar-refractivity contribution in [1.82, 2.24) is 19.2 Å². The maximum Gasteiger partial charge on any atom is 0.326 e. The fourth-order valence-corrected chi connectivity index (χ4v) is 4.27. The first-order valence-corrected chi connectivity index (χ1v) is 9.51. The lowest BCUT2D eigenvalue weighted by molar-refractivity contribution is 0.119. The van der Waals surface area contributed by atoms with Crippen molar-refractivity contribution in [3.8, 4) is 0 Å². The summed E-state index contributed by atoms with van der Waals surface area (Å²) < 4.78 is 5.88. The number of rotatable bonds is 5. The SMILES string of the molecule is C[C@@H](CCc1cnsc1)N[C@@H]1CCn2c(=O)[nH]c3cccc(c32)[C@H]1O. The number of nitrogens with zero attached hydrogens (tertiary/aromatic N) is 2. The second-order valence-corrected chi connectivity index (χ2v) is 7.46. The van der Waals surface area contributed by atoms with E-state index < -0.39 is 6.10 Å². The largest absolute Gasteiger partial charge is 0.387 e. The number of nitrogens with one attached hydrogen (secondary N) is 2. The summed E-state index contributed by atoms with van der Waals surface area (Å²) in [5.74, 6) is 0. The quantitative estimate of drug-likeness (QED) is 0.653. The summed E-state index contributed by atoms with van der Waals surface area (Å²) in [4.78, 5) is 15.0. The van der Waals surface area contributed by atoms with Crippen LogP contribution in [0.5, 0.6) is 0 Å². The van der Waals surface area contributed by atoms with Gasteiger partial charge in [0.15, 0.2) is 0 Å². The minimum absolute atomic E-state index is 0.0690. The third-order valence-electron chi connectivity index (χ3n) is 5.04. The smallest absolute Gasteiger partial charge is 0.326 e. The molecule has 0 unspecified atom stereocenters. The molecule has 1 aliphatic heterocycles. The van der Waals surface area contributed by atoms with Crippen LogP contribution in [0.25, 0.3) is 11.0 Å². The molecule has 132 valence electrons. The summed E-state index contributed by atoms with van der Waals surface area (Å²) in [7, 11) is 0. The van der Waals surface area contributed by atoms with E-state index in [1.165, 1.54) is 17.1 Å². The molecular weight excluding hydrogens is 336 g/mol. The van der Waals surface area contributed by atoms with Gasteiger partial charge in [0, 0.05) is 35.8 Å². The number of para-hydroxylation sites is 1. The van der Waals surface area contributed by atoms with Gasteiger partial charge in [0.05, 0.1) is 17.1 Å². The zero-order valence-corrected chi connectivity index (χ0v) is 14.9. The molecule has 7 heteroatoms.